The molecule has 19 heavy (non-hydrogen) atoms. The van der Waals surface area contributed by atoms with Gasteiger partial charge in [0.2, 0.25) is 0 Å². The molecule has 0 aliphatic heterocycles. The number of nitrogens with zero attached hydrogens (tertiary/aromatic N) is 1. The molecule has 0 spiro atoms. The molecule has 0 fully saturated rings. The molecular weight excluding hydrogens is 392 g/mol. The molecule has 0 saturated heterocycles. The average Bonchev–Trinajstić information content (AvgIpc) is 2.37. The summed E-state index contributed by atoms with van der Waals surface area (Å²) in [5.41, 5.74) is 7.37. The van der Waals surface area contributed by atoms with Crippen LogP contribution in [0.5, 0.6) is 5.75 Å². The molecule has 3 nitrogen and oxygen atoms in total. The fourth-order valence-electron chi connectivity index (χ4n) is 1.52. The first kappa shape index (κ1) is 14.4. The zero-order valence-corrected chi connectivity index (χ0v) is 13.8. The van der Waals surface area contributed by atoms with E-state index in [0.29, 0.717) is 22.9 Å². The highest BCUT2D eigenvalue weighted by molar-refractivity contribution is 9.10. The van der Waals surface area contributed by atoms with E-state index in [1.54, 1.807) is 12.4 Å². The van der Waals surface area contributed by atoms with Crippen LogP contribution in [0.15, 0.2) is 45.6 Å². The molecule has 0 bridgehead atoms. The monoisotopic (exact) mass is 400 g/mol. The van der Waals surface area contributed by atoms with E-state index < -0.39 is 0 Å². The maximum absolute atomic E-state index is 5.75. The van der Waals surface area contributed by atoms with Gasteiger partial charge in [0.1, 0.15) is 17.3 Å². The van der Waals surface area contributed by atoms with Gasteiger partial charge in [0, 0.05) is 26.9 Å². The number of hydrogen-bond donors (Lipinski definition) is 1. The van der Waals surface area contributed by atoms with Gasteiger partial charge in [0.05, 0.1) is 5.56 Å². The largest absolute Gasteiger partial charge is 0.488 e. The normalized spacial score (nSPS) is 10.2. The first-order valence-corrected chi connectivity index (χ1v) is 7.37. The van der Waals surface area contributed by atoms with Gasteiger partial charge >= 0.3 is 0 Å². The number of hydrogen-bond acceptors (Lipinski definition) is 3. The molecule has 0 radical (unpaired) electrons. The summed E-state index contributed by atoms with van der Waals surface area (Å²) in [6.45, 7) is 0.406. The van der Waals surface area contributed by atoms with E-state index >= 15 is 0 Å². The zero-order valence-electron chi connectivity index (χ0n) is 9.77. The van der Waals surface area contributed by atoms with Crippen LogP contribution in [0.3, 0.4) is 0 Å². The molecule has 2 aromatic rings. The lowest BCUT2D eigenvalue weighted by atomic mass is 10.2. The smallest absolute Gasteiger partial charge is 0.130 e. The Morgan fingerprint density at radius 3 is 2.68 bits per heavy atom. The number of nitrogens with two attached hydrogens (primary N) is 1. The molecule has 0 amide bonds. The Morgan fingerprint density at radius 2 is 2.00 bits per heavy atom. The van der Waals surface area contributed by atoms with E-state index in [1.165, 1.54) is 0 Å². The van der Waals surface area contributed by atoms with Gasteiger partial charge in [0.15, 0.2) is 0 Å². The molecule has 6 heteroatoms. The van der Waals surface area contributed by atoms with Crippen molar-refractivity contribution in [2.45, 2.75) is 6.61 Å². The van der Waals surface area contributed by atoms with E-state index in [0.717, 1.165) is 14.5 Å². The van der Waals surface area contributed by atoms with Gasteiger partial charge in [0.25, 0.3) is 0 Å². The maximum atomic E-state index is 5.75. The van der Waals surface area contributed by atoms with Crippen molar-refractivity contribution in [2.75, 3.05) is 0 Å². The predicted molar refractivity (Wildman–Crippen MR) is 86.3 cm³/mol. The number of aromatic nitrogens is 1. The number of rotatable bonds is 4. The summed E-state index contributed by atoms with van der Waals surface area (Å²) in [5.74, 6) is 0.663. The minimum absolute atomic E-state index is 0.309. The fourth-order valence-corrected chi connectivity index (χ4v) is 2.45. The first-order chi connectivity index (χ1) is 9.06. The molecular formula is C13H10Br2N2OS. The van der Waals surface area contributed by atoms with E-state index in [1.807, 2.05) is 24.3 Å². The second-order valence-electron chi connectivity index (χ2n) is 3.80. The van der Waals surface area contributed by atoms with Crippen molar-refractivity contribution in [2.24, 2.45) is 5.73 Å². The summed E-state index contributed by atoms with van der Waals surface area (Å²) in [6.07, 6.45) is 3.48. The van der Waals surface area contributed by atoms with Crippen LogP contribution in [0, 0.1) is 0 Å². The van der Waals surface area contributed by atoms with Crippen LogP contribution >= 0.6 is 44.1 Å². The number of ether oxygens (including phenoxy) is 1. The van der Waals surface area contributed by atoms with Crippen molar-refractivity contribution >= 4 is 49.1 Å². The van der Waals surface area contributed by atoms with Crippen LogP contribution in [-0.4, -0.2) is 9.97 Å². The highest BCUT2D eigenvalue weighted by Gasteiger charge is 2.07. The minimum Gasteiger partial charge on any atom is -0.488 e. The summed E-state index contributed by atoms with van der Waals surface area (Å²) < 4.78 is 7.57. The lowest BCUT2D eigenvalue weighted by molar-refractivity contribution is 0.305. The summed E-state index contributed by atoms with van der Waals surface area (Å²) in [5, 5.41) is 0. The van der Waals surface area contributed by atoms with Gasteiger partial charge in [-0.05, 0) is 40.2 Å². The Morgan fingerprint density at radius 1 is 1.21 bits per heavy atom. The van der Waals surface area contributed by atoms with Crippen LogP contribution in [0.2, 0.25) is 0 Å². The van der Waals surface area contributed by atoms with Gasteiger partial charge in [-0.25, -0.2) is 0 Å². The van der Waals surface area contributed by atoms with Gasteiger partial charge in [-0.1, -0.05) is 28.1 Å². The van der Waals surface area contributed by atoms with Crippen LogP contribution in [0.25, 0.3) is 0 Å². The Labute approximate surface area is 133 Å². The standard InChI is InChI=1S/C13H10Br2N2OS/c14-9-1-2-12(11(4-9)13(16)19)18-7-8-3-10(15)6-17-5-8/h1-6H,7H2,(H2,16,19). The van der Waals surface area contributed by atoms with Crippen LogP contribution in [0.4, 0.5) is 0 Å². The molecule has 1 heterocycles. The average molecular weight is 402 g/mol. The molecule has 98 valence electrons. The van der Waals surface area contributed by atoms with Crippen molar-refractivity contribution in [1.29, 1.82) is 0 Å². The summed E-state index contributed by atoms with van der Waals surface area (Å²) >= 11 is 11.8. The van der Waals surface area contributed by atoms with E-state index in [2.05, 4.69) is 36.8 Å². The topological polar surface area (TPSA) is 48.1 Å². The second kappa shape index (κ2) is 6.45. The van der Waals surface area contributed by atoms with E-state index in [9.17, 15) is 0 Å². The van der Waals surface area contributed by atoms with Crippen molar-refractivity contribution in [3.63, 3.8) is 0 Å². The number of halogens is 2. The fraction of sp³-hybridized carbons (Fsp3) is 0.0769. The van der Waals surface area contributed by atoms with Crippen molar-refractivity contribution in [3.8, 4) is 5.75 Å². The summed E-state index contributed by atoms with van der Waals surface area (Å²) in [6, 6.07) is 7.52. The zero-order chi connectivity index (χ0) is 13.8. The van der Waals surface area contributed by atoms with Crippen molar-refractivity contribution < 1.29 is 4.74 Å². The van der Waals surface area contributed by atoms with Crippen LogP contribution < -0.4 is 10.5 Å². The van der Waals surface area contributed by atoms with E-state index in [-0.39, 0.29) is 0 Å². The Balaban J connectivity index is 2.17. The third kappa shape index (κ3) is 3.99. The van der Waals surface area contributed by atoms with Gasteiger partial charge in [-0.2, -0.15) is 0 Å². The maximum Gasteiger partial charge on any atom is 0.130 e. The number of benzene rings is 1. The molecule has 1 aromatic heterocycles. The first-order valence-electron chi connectivity index (χ1n) is 5.38. The molecule has 2 rings (SSSR count). The lowest BCUT2D eigenvalue weighted by Crippen LogP contribution is -2.11. The van der Waals surface area contributed by atoms with Gasteiger partial charge in [-0.3, -0.25) is 4.98 Å². The van der Waals surface area contributed by atoms with Crippen molar-refractivity contribution in [1.82, 2.24) is 4.98 Å². The molecule has 0 saturated carbocycles. The Kier molecular flexibility index (Phi) is 4.90. The second-order valence-corrected chi connectivity index (χ2v) is 6.08. The quantitative estimate of drug-likeness (QED) is 0.791. The number of thiocarbonyl (C=S) groups is 1. The molecule has 0 aliphatic carbocycles. The Hall–Kier alpha value is -0.980. The van der Waals surface area contributed by atoms with Gasteiger partial charge < -0.3 is 10.5 Å². The molecule has 0 atom stereocenters. The Bertz CT molecular complexity index is 619. The molecule has 1 aromatic carbocycles. The molecule has 0 unspecified atom stereocenters. The molecule has 2 N–H and O–H groups in total. The van der Waals surface area contributed by atoms with Crippen LogP contribution in [-0.2, 0) is 6.61 Å². The van der Waals surface area contributed by atoms with Gasteiger partial charge in [-0.15, -0.1) is 0 Å². The van der Waals surface area contributed by atoms with Crippen molar-refractivity contribution in [3.05, 3.63) is 56.7 Å². The third-order valence-electron chi connectivity index (χ3n) is 2.36. The highest BCUT2D eigenvalue weighted by atomic mass is 79.9. The SMILES string of the molecule is NC(=S)c1cc(Br)ccc1OCc1cncc(Br)c1. The summed E-state index contributed by atoms with van der Waals surface area (Å²) in [4.78, 5) is 4.39. The lowest BCUT2D eigenvalue weighted by Gasteiger charge is -2.11. The molecule has 0 aliphatic rings. The highest BCUT2D eigenvalue weighted by Crippen LogP contribution is 2.24. The van der Waals surface area contributed by atoms with E-state index in [4.69, 9.17) is 22.7 Å². The summed E-state index contributed by atoms with van der Waals surface area (Å²) in [7, 11) is 0. The third-order valence-corrected chi connectivity index (χ3v) is 3.51. The predicted octanol–water partition coefficient (Wildman–Crippen LogP) is 3.82. The number of pyridine rings is 1. The van der Waals surface area contributed by atoms with Crippen LogP contribution in [0.1, 0.15) is 11.1 Å². The minimum atomic E-state index is 0.309.